The molecule has 0 atom stereocenters. The lowest BCUT2D eigenvalue weighted by atomic mass is 9.94. The third kappa shape index (κ3) is 2.29. The quantitative estimate of drug-likeness (QED) is 0.670. The topological polar surface area (TPSA) is 0 Å². The highest BCUT2D eigenvalue weighted by Gasteiger charge is 2.09. The largest absolute Gasteiger partial charge is 0.0807 e. The maximum atomic E-state index is 3.61. The minimum atomic E-state index is 1.13. The van der Waals surface area contributed by atoms with Gasteiger partial charge < -0.3 is 0 Å². The van der Waals surface area contributed by atoms with Crippen LogP contribution in [0, 0.1) is 0 Å². The second kappa shape index (κ2) is 4.63. The number of allylic oxidation sites excluding steroid dienone is 2. The molecule has 2 heteroatoms. The molecule has 1 aromatic carbocycles. The normalized spacial score (nSPS) is 16.6. The van der Waals surface area contributed by atoms with Gasteiger partial charge in [0.25, 0.3) is 0 Å². The average molecular weight is 316 g/mol. The molecule has 0 saturated carbocycles. The molecule has 1 aromatic rings. The fourth-order valence-corrected chi connectivity index (χ4v) is 3.13. The molecule has 0 bridgehead atoms. The van der Waals surface area contributed by atoms with Crippen LogP contribution in [0.2, 0.25) is 0 Å². The first-order chi connectivity index (χ1) is 6.77. The molecule has 0 amide bonds. The van der Waals surface area contributed by atoms with Gasteiger partial charge in [0.15, 0.2) is 0 Å². The first kappa shape index (κ1) is 10.4. The lowest BCUT2D eigenvalue weighted by Crippen LogP contribution is -1.92. The van der Waals surface area contributed by atoms with E-state index in [0.717, 1.165) is 4.47 Å². The summed E-state index contributed by atoms with van der Waals surface area (Å²) in [5.74, 6) is 0. The van der Waals surface area contributed by atoms with Crippen LogP contribution in [0.4, 0.5) is 0 Å². The summed E-state index contributed by atoms with van der Waals surface area (Å²) >= 11 is 7.08. The Morgan fingerprint density at radius 1 is 1.07 bits per heavy atom. The Morgan fingerprint density at radius 2 is 1.93 bits per heavy atom. The Kier molecular flexibility index (Phi) is 3.45. The van der Waals surface area contributed by atoms with Crippen molar-refractivity contribution >= 4 is 37.4 Å². The minimum absolute atomic E-state index is 1.13. The molecular weight excluding hydrogens is 304 g/mol. The highest BCUT2D eigenvalue weighted by atomic mass is 79.9. The number of hydrogen-bond donors (Lipinski definition) is 0. The van der Waals surface area contributed by atoms with Crippen LogP contribution >= 0.6 is 31.9 Å². The van der Waals surface area contributed by atoms with Crippen LogP contribution in [0.1, 0.15) is 31.2 Å². The first-order valence-electron chi connectivity index (χ1n) is 4.92. The van der Waals surface area contributed by atoms with Crippen LogP contribution in [-0.4, -0.2) is 0 Å². The van der Waals surface area contributed by atoms with Crippen LogP contribution in [0.25, 0.3) is 5.57 Å². The van der Waals surface area contributed by atoms with E-state index in [1.807, 2.05) is 0 Å². The molecule has 0 nitrogen and oxygen atoms in total. The highest BCUT2D eigenvalue weighted by molar-refractivity contribution is 9.11. The predicted molar refractivity (Wildman–Crippen MR) is 68.3 cm³/mol. The van der Waals surface area contributed by atoms with E-state index in [-0.39, 0.29) is 0 Å². The summed E-state index contributed by atoms with van der Waals surface area (Å²) in [6.45, 7) is 0. The molecule has 14 heavy (non-hydrogen) atoms. The summed E-state index contributed by atoms with van der Waals surface area (Å²) < 4.78 is 2.32. The van der Waals surface area contributed by atoms with Crippen LogP contribution in [0.5, 0.6) is 0 Å². The second-order valence-corrected chi connectivity index (χ2v) is 5.37. The Bertz CT molecular complexity index is 367. The highest BCUT2D eigenvalue weighted by Crippen LogP contribution is 2.33. The van der Waals surface area contributed by atoms with Gasteiger partial charge in [-0.15, -0.1) is 0 Å². The van der Waals surface area contributed by atoms with E-state index < -0.39 is 0 Å². The molecule has 0 aliphatic heterocycles. The van der Waals surface area contributed by atoms with Crippen molar-refractivity contribution in [3.8, 4) is 0 Å². The summed E-state index contributed by atoms with van der Waals surface area (Å²) in [4.78, 5) is 0. The third-order valence-electron chi connectivity index (χ3n) is 2.57. The van der Waals surface area contributed by atoms with Crippen molar-refractivity contribution < 1.29 is 0 Å². The summed E-state index contributed by atoms with van der Waals surface area (Å²) in [6, 6.07) is 6.41. The monoisotopic (exact) mass is 314 g/mol. The van der Waals surface area contributed by atoms with E-state index in [2.05, 4.69) is 56.1 Å². The van der Waals surface area contributed by atoms with Gasteiger partial charge >= 0.3 is 0 Å². The van der Waals surface area contributed by atoms with E-state index in [9.17, 15) is 0 Å². The molecule has 0 N–H and O–H groups in total. The van der Waals surface area contributed by atoms with Crippen molar-refractivity contribution in [1.29, 1.82) is 0 Å². The van der Waals surface area contributed by atoms with Gasteiger partial charge in [-0.1, -0.05) is 44.0 Å². The number of benzene rings is 1. The smallest absolute Gasteiger partial charge is 0.0261 e. The van der Waals surface area contributed by atoms with Crippen molar-refractivity contribution in [3.05, 3.63) is 38.8 Å². The molecule has 0 radical (unpaired) electrons. The van der Waals surface area contributed by atoms with Gasteiger partial charge in [0.05, 0.1) is 0 Å². The van der Waals surface area contributed by atoms with Crippen molar-refractivity contribution in [1.82, 2.24) is 0 Å². The van der Waals surface area contributed by atoms with Crippen LogP contribution in [0.15, 0.2) is 33.2 Å². The molecule has 0 fully saturated rings. The van der Waals surface area contributed by atoms with Crippen LogP contribution in [-0.2, 0) is 0 Å². The molecule has 0 aromatic heterocycles. The predicted octanol–water partition coefficient (Wildman–Crippen LogP) is 5.17. The Balaban J connectivity index is 2.35. The van der Waals surface area contributed by atoms with Gasteiger partial charge in [-0.2, -0.15) is 0 Å². The fourth-order valence-electron chi connectivity index (χ4n) is 1.83. The molecule has 1 aliphatic rings. The van der Waals surface area contributed by atoms with E-state index >= 15 is 0 Å². The molecular formula is C12H12Br2. The molecule has 0 spiro atoms. The van der Waals surface area contributed by atoms with E-state index in [1.54, 1.807) is 0 Å². The molecule has 0 heterocycles. The lowest BCUT2D eigenvalue weighted by molar-refractivity contribution is 0.742. The van der Waals surface area contributed by atoms with Gasteiger partial charge in [0, 0.05) is 8.95 Å². The Morgan fingerprint density at radius 3 is 2.57 bits per heavy atom. The van der Waals surface area contributed by atoms with E-state index in [1.165, 1.54) is 41.3 Å². The standard InChI is InChI=1S/C12H12Br2/c13-10-6-7-11(12(14)8-10)9-4-2-1-3-5-9/h4,6-8H,1-3,5H2. The second-order valence-electron chi connectivity index (χ2n) is 3.60. The van der Waals surface area contributed by atoms with Gasteiger partial charge in [-0.3, -0.25) is 0 Å². The summed E-state index contributed by atoms with van der Waals surface area (Å²) in [7, 11) is 0. The van der Waals surface area contributed by atoms with E-state index in [0.29, 0.717) is 0 Å². The molecule has 2 rings (SSSR count). The number of rotatable bonds is 1. The van der Waals surface area contributed by atoms with Crippen molar-refractivity contribution in [2.45, 2.75) is 25.7 Å². The minimum Gasteiger partial charge on any atom is -0.0807 e. The number of hydrogen-bond acceptors (Lipinski definition) is 0. The average Bonchev–Trinajstić information content (AvgIpc) is 2.19. The van der Waals surface area contributed by atoms with Gasteiger partial charge in [-0.05, 0) is 49.0 Å². The number of halogens is 2. The van der Waals surface area contributed by atoms with Crippen molar-refractivity contribution in [2.24, 2.45) is 0 Å². The zero-order valence-corrected chi connectivity index (χ0v) is 11.1. The van der Waals surface area contributed by atoms with Crippen LogP contribution < -0.4 is 0 Å². The van der Waals surface area contributed by atoms with Gasteiger partial charge in [0.1, 0.15) is 0 Å². The zero-order valence-electron chi connectivity index (χ0n) is 7.89. The zero-order chi connectivity index (χ0) is 9.97. The van der Waals surface area contributed by atoms with Crippen LogP contribution in [0.3, 0.4) is 0 Å². The summed E-state index contributed by atoms with van der Waals surface area (Å²) in [6.07, 6.45) is 7.50. The maximum absolute atomic E-state index is 3.61. The SMILES string of the molecule is Brc1ccc(C2=CCCCC2)c(Br)c1. The molecule has 0 saturated heterocycles. The van der Waals surface area contributed by atoms with Crippen molar-refractivity contribution in [2.75, 3.05) is 0 Å². The Labute approximate surface area is 102 Å². The first-order valence-corrected chi connectivity index (χ1v) is 6.50. The maximum Gasteiger partial charge on any atom is 0.0261 e. The molecule has 1 aliphatic carbocycles. The molecule has 74 valence electrons. The van der Waals surface area contributed by atoms with E-state index in [4.69, 9.17) is 0 Å². The Hall–Kier alpha value is -0.0800. The lowest BCUT2D eigenvalue weighted by Gasteiger charge is -2.14. The third-order valence-corrected chi connectivity index (χ3v) is 3.72. The summed E-state index contributed by atoms with van der Waals surface area (Å²) in [5.41, 5.74) is 2.85. The van der Waals surface area contributed by atoms with Gasteiger partial charge in [0.2, 0.25) is 0 Å². The van der Waals surface area contributed by atoms with Crippen molar-refractivity contribution in [3.63, 3.8) is 0 Å². The fraction of sp³-hybridized carbons (Fsp3) is 0.333. The summed E-state index contributed by atoms with van der Waals surface area (Å²) in [5, 5.41) is 0. The molecule has 0 unspecified atom stereocenters. The van der Waals surface area contributed by atoms with Gasteiger partial charge in [-0.25, -0.2) is 0 Å².